The number of halogens is 6. The van der Waals surface area contributed by atoms with E-state index in [2.05, 4.69) is 25.6 Å². The number of nitrogens with one attached hydrogen (secondary N) is 3. The van der Waals surface area contributed by atoms with E-state index >= 15 is 0 Å². The van der Waals surface area contributed by atoms with E-state index < -0.39 is 30.0 Å². The highest BCUT2D eigenvalue weighted by Crippen LogP contribution is 2.29. The van der Waals surface area contributed by atoms with Gasteiger partial charge in [-0.25, -0.2) is 19.4 Å². The molecule has 0 aliphatic heterocycles. The summed E-state index contributed by atoms with van der Waals surface area (Å²) in [5.41, 5.74) is 6.76. The van der Waals surface area contributed by atoms with Crippen molar-refractivity contribution in [2.24, 2.45) is 0 Å². The SMILES string of the molecule is COc1cc(Nc2ncc(C)c(Nc3cc(C)c4oc(=O)[nH]c4c3)n2)cc(C)c1C.O=C(O)C(F)(F)F.O=C(O)C(F)(F)F. The lowest BCUT2D eigenvalue weighted by Gasteiger charge is -2.14. The third kappa shape index (κ3) is 9.63. The van der Waals surface area contributed by atoms with Gasteiger partial charge in [0.15, 0.2) is 5.58 Å². The summed E-state index contributed by atoms with van der Waals surface area (Å²) < 4.78 is 74.1. The Morgan fingerprint density at radius 2 is 1.39 bits per heavy atom. The van der Waals surface area contributed by atoms with Crippen LogP contribution in [0.2, 0.25) is 0 Å². The first-order valence-corrected chi connectivity index (χ1v) is 12.0. The van der Waals surface area contributed by atoms with Gasteiger partial charge in [0.1, 0.15) is 11.6 Å². The van der Waals surface area contributed by atoms with E-state index in [1.54, 1.807) is 13.3 Å². The number of aromatic nitrogens is 3. The number of benzene rings is 2. The van der Waals surface area contributed by atoms with Gasteiger partial charge in [0.2, 0.25) is 5.95 Å². The number of H-pyrrole nitrogens is 1. The van der Waals surface area contributed by atoms with Crippen LogP contribution in [-0.2, 0) is 9.59 Å². The van der Waals surface area contributed by atoms with Crippen molar-refractivity contribution in [2.75, 3.05) is 17.7 Å². The first-order valence-electron chi connectivity index (χ1n) is 12.0. The maximum absolute atomic E-state index is 11.5. The van der Waals surface area contributed by atoms with Gasteiger partial charge in [-0.05, 0) is 62.6 Å². The van der Waals surface area contributed by atoms with Crippen molar-refractivity contribution in [1.29, 1.82) is 0 Å². The summed E-state index contributed by atoms with van der Waals surface area (Å²) in [5.74, 6) is -4.06. The second-order valence-electron chi connectivity index (χ2n) is 8.89. The van der Waals surface area contributed by atoms with Gasteiger partial charge in [-0.3, -0.25) is 4.98 Å². The van der Waals surface area contributed by atoms with Crippen LogP contribution in [0.25, 0.3) is 11.1 Å². The zero-order chi connectivity index (χ0) is 33.6. The molecule has 5 N–H and O–H groups in total. The molecule has 238 valence electrons. The third-order valence-electron chi connectivity index (χ3n) is 5.52. The lowest BCUT2D eigenvalue weighted by atomic mass is 10.1. The molecule has 0 saturated carbocycles. The topological polar surface area (TPSA) is 180 Å². The zero-order valence-corrected chi connectivity index (χ0v) is 23.5. The lowest BCUT2D eigenvalue weighted by Crippen LogP contribution is -2.21. The number of aryl methyl sites for hydroxylation is 3. The number of anilines is 4. The molecule has 0 bridgehead atoms. The Morgan fingerprint density at radius 1 is 0.864 bits per heavy atom. The molecule has 0 saturated heterocycles. The number of alkyl halides is 6. The van der Waals surface area contributed by atoms with E-state index in [1.807, 2.05) is 52.0 Å². The monoisotopic (exact) mass is 633 g/mol. The van der Waals surface area contributed by atoms with Gasteiger partial charge >= 0.3 is 30.0 Å². The van der Waals surface area contributed by atoms with Crippen LogP contribution in [0, 0.1) is 27.7 Å². The zero-order valence-electron chi connectivity index (χ0n) is 23.5. The van der Waals surface area contributed by atoms with Gasteiger partial charge in [-0.2, -0.15) is 31.3 Å². The maximum atomic E-state index is 11.5. The summed E-state index contributed by atoms with van der Waals surface area (Å²) >= 11 is 0. The Morgan fingerprint density at radius 3 is 1.91 bits per heavy atom. The van der Waals surface area contributed by atoms with E-state index in [0.29, 0.717) is 22.9 Å². The van der Waals surface area contributed by atoms with E-state index in [1.165, 1.54) is 0 Å². The molecule has 2 aromatic carbocycles. The average molecular weight is 634 g/mol. The van der Waals surface area contributed by atoms with Crippen LogP contribution in [-0.4, -0.2) is 56.6 Å². The Bertz CT molecular complexity index is 1690. The summed E-state index contributed by atoms with van der Waals surface area (Å²) in [6.07, 6.45) is -8.42. The number of carboxylic acids is 2. The van der Waals surface area contributed by atoms with Gasteiger partial charge in [-0.15, -0.1) is 0 Å². The van der Waals surface area contributed by atoms with Crippen LogP contribution in [0.5, 0.6) is 5.75 Å². The number of carboxylic acid groups (broad SMARTS) is 2. The van der Waals surface area contributed by atoms with Crippen LogP contribution in [0.4, 0.5) is 49.5 Å². The fourth-order valence-corrected chi connectivity index (χ4v) is 3.31. The molecule has 0 aliphatic carbocycles. The number of aromatic amines is 1. The van der Waals surface area contributed by atoms with Gasteiger partial charge in [0.25, 0.3) is 0 Å². The molecular weight excluding hydrogens is 608 g/mol. The second kappa shape index (κ2) is 13.8. The van der Waals surface area contributed by atoms with Gasteiger partial charge < -0.3 is 30.0 Å². The summed E-state index contributed by atoms with van der Waals surface area (Å²) in [6, 6.07) is 7.67. The van der Waals surface area contributed by atoms with Gasteiger partial charge in [-0.1, -0.05) is 0 Å². The predicted octanol–water partition coefficient (Wildman–Crippen LogP) is 5.91. The molecule has 0 aliphatic rings. The Kier molecular flexibility index (Phi) is 10.9. The number of carbonyl (C=O) groups is 2. The van der Waals surface area contributed by atoms with Crippen LogP contribution in [0.3, 0.4) is 0 Å². The fraction of sp³-hybridized carbons (Fsp3) is 0.269. The Balaban J connectivity index is 0.000000402. The number of ether oxygens (including phenoxy) is 1. The Hall–Kier alpha value is -5.29. The fourth-order valence-electron chi connectivity index (χ4n) is 3.31. The highest BCUT2D eigenvalue weighted by Gasteiger charge is 2.38. The van der Waals surface area contributed by atoms with E-state index in [4.69, 9.17) is 29.0 Å². The number of hydrogen-bond donors (Lipinski definition) is 5. The molecule has 4 aromatic rings. The number of aliphatic carboxylic acids is 2. The minimum atomic E-state index is -5.08. The molecule has 2 heterocycles. The molecule has 0 amide bonds. The smallest absolute Gasteiger partial charge is 0.490 e. The van der Waals surface area contributed by atoms with Crippen LogP contribution in [0.1, 0.15) is 22.3 Å². The number of nitrogens with zero attached hydrogens (tertiary/aromatic N) is 2. The molecule has 12 nitrogen and oxygen atoms in total. The minimum Gasteiger partial charge on any atom is -0.496 e. The molecule has 18 heteroatoms. The number of fused-ring (bicyclic) bond motifs is 1. The summed E-state index contributed by atoms with van der Waals surface area (Å²) in [7, 11) is 1.65. The molecule has 0 radical (unpaired) electrons. The maximum Gasteiger partial charge on any atom is 0.490 e. The minimum absolute atomic E-state index is 0.461. The lowest BCUT2D eigenvalue weighted by molar-refractivity contribution is -0.193. The van der Waals surface area contributed by atoms with Gasteiger partial charge in [0.05, 0.1) is 12.6 Å². The van der Waals surface area contributed by atoms with Crippen LogP contribution in [0.15, 0.2) is 39.7 Å². The van der Waals surface area contributed by atoms with Crippen molar-refractivity contribution in [2.45, 2.75) is 40.0 Å². The molecular formula is C26H25F6N5O7. The quantitative estimate of drug-likeness (QED) is 0.165. The second-order valence-corrected chi connectivity index (χ2v) is 8.89. The van der Waals surface area contributed by atoms with Crippen molar-refractivity contribution in [3.8, 4) is 5.75 Å². The first kappa shape index (κ1) is 34.9. The van der Waals surface area contributed by atoms with E-state index in [0.717, 1.165) is 39.4 Å². The third-order valence-corrected chi connectivity index (χ3v) is 5.52. The molecule has 44 heavy (non-hydrogen) atoms. The number of hydrogen-bond acceptors (Lipinski definition) is 9. The highest BCUT2D eigenvalue weighted by atomic mass is 19.4. The van der Waals surface area contributed by atoms with Crippen molar-refractivity contribution in [3.05, 3.63) is 63.3 Å². The van der Waals surface area contributed by atoms with Crippen LogP contribution < -0.4 is 21.1 Å². The predicted molar refractivity (Wildman–Crippen MR) is 145 cm³/mol. The first-order chi connectivity index (χ1) is 20.2. The molecule has 4 rings (SSSR count). The molecule has 0 atom stereocenters. The standard InChI is InChI=1S/C22H23N5O3.2C2HF3O2/c1-11-6-16(9-18(29-5)14(11)4)25-21-23-10-13(3)20(27-21)24-15-7-12(2)19-17(8-15)26-22(28)30-19;2*3-2(4,5)1(6)7/h6-10H,1-5H3,(H,26,28)(H2,23,24,25,27);2*(H,6,7). The highest BCUT2D eigenvalue weighted by molar-refractivity contribution is 5.82. The molecule has 0 spiro atoms. The number of methoxy groups -OCH3 is 1. The van der Waals surface area contributed by atoms with Crippen molar-refractivity contribution < 1.29 is 55.3 Å². The van der Waals surface area contributed by atoms with Crippen molar-refractivity contribution >= 4 is 46.2 Å². The van der Waals surface area contributed by atoms with Crippen molar-refractivity contribution in [1.82, 2.24) is 15.0 Å². The van der Waals surface area contributed by atoms with Crippen LogP contribution >= 0.6 is 0 Å². The number of oxazole rings is 1. The largest absolute Gasteiger partial charge is 0.496 e. The summed E-state index contributed by atoms with van der Waals surface area (Å²) in [4.78, 5) is 41.0. The average Bonchev–Trinajstić information content (AvgIpc) is 3.28. The van der Waals surface area contributed by atoms with Gasteiger partial charge in [0, 0.05) is 29.2 Å². The molecule has 0 fully saturated rings. The molecule has 2 aromatic heterocycles. The van der Waals surface area contributed by atoms with E-state index in [-0.39, 0.29) is 0 Å². The summed E-state index contributed by atoms with van der Waals surface area (Å²) in [6.45, 7) is 7.87. The van der Waals surface area contributed by atoms with E-state index in [9.17, 15) is 31.1 Å². The van der Waals surface area contributed by atoms with Crippen molar-refractivity contribution in [3.63, 3.8) is 0 Å². The Labute approximate surface area is 243 Å². The number of rotatable bonds is 5. The molecule has 0 unspecified atom stereocenters. The normalized spacial score (nSPS) is 11.1. The summed E-state index contributed by atoms with van der Waals surface area (Å²) in [5, 5.41) is 20.8.